The van der Waals surface area contributed by atoms with E-state index in [9.17, 15) is 0 Å². The summed E-state index contributed by atoms with van der Waals surface area (Å²) >= 11 is 7.30. The second-order valence-electron chi connectivity index (χ2n) is 5.87. The van der Waals surface area contributed by atoms with Crippen LogP contribution in [0.2, 0.25) is 5.02 Å². The van der Waals surface area contributed by atoms with Gasteiger partial charge in [-0.3, -0.25) is 0 Å². The zero-order valence-corrected chi connectivity index (χ0v) is 17.5. The van der Waals surface area contributed by atoms with E-state index in [0.29, 0.717) is 45.4 Å². The van der Waals surface area contributed by atoms with Crippen LogP contribution < -0.4 is 18.9 Å². The van der Waals surface area contributed by atoms with Crippen molar-refractivity contribution in [2.45, 2.75) is 6.61 Å². The third kappa shape index (κ3) is 3.79. The molecule has 150 valence electrons. The van der Waals surface area contributed by atoms with Gasteiger partial charge in [-0.15, -0.1) is 10.2 Å². The Kier molecular flexibility index (Phi) is 5.41. The molecular weight excluding hydrogens is 416 g/mol. The fourth-order valence-electron chi connectivity index (χ4n) is 2.78. The molecule has 0 saturated carbocycles. The largest absolute Gasteiger partial charge is 0.493 e. The molecule has 0 amide bonds. The maximum Gasteiger partial charge on any atom is 0.235 e. The second-order valence-corrected chi connectivity index (χ2v) is 7.35. The van der Waals surface area contributed by atoms with Crippen molar-refractivity contribution >= 4 is 27.9 Å². The highest BCUT2D eigenvalue weighted by molar-refractivity contribution is 7.16. The molecule has 0 atom stereocenters. The SMILES string of the molecule is COc1cc(-c2nnc3sc(COc4ccc(Cl)cc4)nn23)cc(OC)c1OC. The summed E-state index contributed by atoms with van der Waals surface area (Å²) in [5.41, 5.74) is 0.738. The number of nitrogens with zero attached hydrogens (tertiary/aromatic N) is 4. The highest BCUT2D eigenvalue weighted by Gasteiger charge is 2.19. The Morgan fingerprint density at radius 1 is 0.966 bits per heavy atom. The first-order valence-corrected chi connectivity index (χ1v) is 9.72. The summed E-state index contributed by atoms with van der Waals surface area (Å²) in [5.74, 6) is 2.84. The minimum atomic E-state index is 0.310. The number of aromatic nitrogens is 4. The number of ether oxygens (including phenoxy) is 4. The van der Waals surface area contributed by atoms with Gasteiger partial charge in [0.25, 0.3) is 0 Å². The fourth-order valence-corrected chi connectivity index (χ4v) is 3.65. The lowest BCUT2D eigenvalue weighted by atomic mass is 10.1. The van der Waals surface area contributed by atoms with Gasteiger partial charge in [0, 0.05) is 10.6 Å². The molecule has 2 heterocycles. The molecule has 0 bridgehead atoms. The molecule has 10 heteroatoms. The molecule has 0 spiro atoms. The highest BCUT2D eigenvalue weighted by atomic mass is 35.5. The van der Waals surface area contributed by atoms with Gasteiger partial charge in [-0.2, -0.15) is 9.61 Å². The van der Waals surface area contributed by atoms with Crippen LogP contribution in [0.3, 0.4) is 0 Å². The molecule has 0 unspecified atom stereocenters. The Hall–Kier alpha value is -3.04. The van der Waals surface area contributed by atoms with Gasteiger partial charge >= 0.3 is 0 Å². The molecule has 2 aromatic heterocycles. The smallest absolute Gasteiger partial charge is 0.235 e. The number of fused-ring (bicyclic) bond motifs is 1. The average Bonchev–Trinajstić information content (AvgIpc) is 3.32. The molecule has 0 aliphatic carbocycles. The zero-order valence-electron chi connectivity index (χ0n) is 15.9. The first kappa shape index (κ1) is 19.3. The molecule has 4 aromatic rings. The van der Waals surface area contributed by atoms with Crippen molar-refractivity contribution in [2.24, 2.45) is 0 Å². The molecule has 8 nitrogen and oxygen atoms in total. The van der Waals surface area contributed by atoms with E-state index in [4.69, 9.17) is 30.5 Å². The first-order valence-electron chi connectivity index (χ1n) is 8.52. The minimum absolute atomic E-state index is 0.310. The molecule has 0 radical (unpaired) electrons. The first-order chi connectivity index (χ1) is 14.1. The van der Waals surface area contributed by atoms with Crippen LogP contribution in [0.4, 0.5) is 0 Å². The Morgan fingerprint density at radius 3 is 2.28 bits per heavy atom. The van der Waals surface area contributed by atoms with Crippen molar-refractivity contribution < 1.29 is 18.9 Å². The van der Waals surface area contributed by atoms with E-state index in [1.54, 1.807) is 50.1 Å². The van der Waals surface area contributed by atoms with E-state index in [1.165, 1.54) is 11.3 Å². The fraction of sp³-hybridized carbons (Fsp3) is 0.211. The number of hydrogen-bond acceptors (Lipinski definition) is 8. The van der Waals surface area contributed by atoms with E-state index >= 15 is 0 Å². The Balaban J connectivity index is 1.64. The van der Waals surface area contributed by atoms with Crippen LogP contribution in [0.25, 0.3) is 16.3 Å². The molecule has 0 N–H and O–H groups in total. The summed E-state index contributed by atoms with van der Waals surface area (Å²) in [6.45, 7) is 0.310. The van der Waals surface area contributed by atoms with Crippen LogP contribution in [0, 0.1) is 0 Å². The number of halogens is 1. The van der Waals surface area contributed by atoms with E-state index in [1.807, 2.05) is 12.1 Å². The van der Waals surface area contributed by atoms with Gasteiger partial charge in [0.2, 0.25) is 10.7 Å². The molecular formula is C19H17ClN4O4S. The Bertz CT molecular complexity index is 1120. The van der Waals surface area contributed by atoms with Crippen molar-refractivity contribution in [1.82, 2.24) is 19.8 Å². The van der Waals surface area contributed by atoms with Gasteiger partial charge in [-0.1, -0.05) is 22.9 Å². The van der Waals surface area contributed by atoms with Crippen LogP contribution in [-0.4, -0.2) is 41.1 Å². The second kappa shape index (κ2) is 8.14. The van der Waals surface area contributed by atoms with E-state index in [0.717, 1.165) is 10.6 Å². The molecule has 2 aromatic carbocycles. The summed E-state index contributed by atoms with van der Waals surface area (Å²) < 4.78 is 23.7. The highest BCUT2D eigenvalue weighted by Crippen LogP contribution is 2.41. The standard InChI is InChI=1S/C19H17ClN4O4S/c1-25-14-8-11(9-15(26-2)17(14)27-3)18-21-22-19-24(18)23-16(29-19)10-28-13-6-4-12(20)5-7-13/h4-9H,10H2,1-3H3. The third-order valence-electron chi connectivity index (χ3n) is 4.13. The van der Waals surface area contributed by atoms with E-state index in [-0.39, 0.29) is 0 Å². The summed E-state index contributed by atoms with van der Waals surface area (Å²) in [5, 5.41) is 14.5. The van der Waals surface area contributed by atoms with Crippen molar-refractivity contribution in [3.05, 3.63) is 46.4 Å². The van der Waals surface area contributed by atoms with Crippen molar-refractivity contribution in [1.29, 1.82) is 0 Å². The number of rotatable bonds is 7. The zero-order chi connectivity index (χ0) is 20.4. The predicted octanol–water partition coefficient (Wildman–Crippen LogP) is 4.11. The van der Waals surface area contributed by atoms with Crippen molar-refractivity contribution in [3.8, 4) is 34.4 Å². The number of hydrogen-bond donors (Lipinski definition) is 0. The molecule has 4 rings (SSSR count). The van der Waals surface area contributed by atoms with Crippen molar-refractivity contribution in [2.75, 3.05) is 21.3 Å². The summed E-state index contributed by atoms with van der Waals surface area (Å²) in [7, 11) is 4.69. The lowest BCUT2D eigenvalue weighted by Crippen LogP contribution is -1.99. The van der Waals surface area contributed by atoms with Crippen LogP contribution in [0.15, 0.2) is 36.4 Å². The van der Waals surface area contributed by atoms with Gasteiger partial charge in [0.05, 0.1) is 21.3 Å². The summed E-state index contributed by atoms with van der Waals surface area (Å²) in [6.07, 6.45) is 0. The lowest BCUT2D eigenvalue weighted by Gasteiger charge is -2.13. The molecule has 0 aliphatic rings. The van der Waals surface area contributed by atoms with E-state index < -0.39 is 0 Å². The normalized spacial score (nSPS) is 10.9. The van der Waals surface area contributed by atoms with Crippen LogP contribution >= 0.6 is 22.9 Å². The third-order valence-corrected chi connectivity index (χ3v) is 5.26. The van der Waals surface area contributed by atoms with Gasteiger partial charge in [0.15, 0.2) is 22.3 Å². The lowest BCUT2D eigenvalue weighted by molar-refractivity contribution is 0.304. The van der Waals surface area contributed by atoms with Crippen LogP contribution in [0.5, 0.6) is 23.0 Å². The topological polar surface area (TPSA) is 80.0 Å². The molecule has 0 fully saturated rings. The average molecular weight is 433 g/mol. The Morgan fingerprint density at radius 2 is 1.66 bits per heavy atom. The predicted molar refractivity (Wildman–Crippen MR) is 110 cm³/mol. The van der Waals surface area contributed by atoms with E-state index in [2.05, 4.69) is 15.3 Å². The number of benzene rings is 2. The van der Waals surface area contributed by atoms with Gasteiger partial charge in [-0.05, 0) is 36.4 Å². The summed E-state index contributed by atoms with van der Waals surface area (Å²) in [4.78, 5) is 0.656. The maximum atomic E-state index is 5.90. The monoisotopic (exact) mass is 432 g/mol. The van der Waals surface area contributed by atoms with Gasteiger partial charge < -0.3 is 18.9 Å². The van der Waals surface area contributed by atoms with Crippen LogP contribution in [0.1, 0.15) is 5.01 Å². The van der Waals surface area contributed by atoms with Crippen molar-refractivity contribution in [3.63, 3.8) is 0 Å². The number of methoxy groups -OCH3 is 3. The van der Waals surface area contributed by atoms with Gasteiger partial charge in [-0.25, -0.2) is 0 Å². The molecule has 29 heavy (non-hydrogen) atoms. The Labute approximate surface area is 175 Å². The maximum absolute atomic E-state index is 5.90. The quantitative estimate of drug-likeness (QED) is 0.434. The molecule has 0 aliphatic heterocycles. The summed E-state index contributed by atoms with van der Waals surface area (Å²) in [6, 6.07) is 10.8. The van der Waals surface area contributed by atoms with Crippen LogP contribution in [-0.2, 0) is 6.61 Å². The van der Waals surface area contributed by atoms with Gasteiger partial charge in [0.1, 0.15) is 12.4 Å². The molecule has 0 saturated heterocycles. The minimum Gasteiger partial charge on any atom is -0.493 e.